The van der Waals surface area contributed by atoms with Crippen LogP contribution in [0.25, 0.3) is 0 Å². The lowest BCUT2D eigenvalue weighted by atomic mass is 10.1. The van der Waals surface area contributed by atoms with E-state index in [-0.39, 0.29) is 25.4 Å². The molecule has 34 heavy (non-hydrogen) atoms. The molecule has 10 nitrogen and oxygen atoms in total. The lowest BCUT2D eigenvalue weighted by molar-refractivity contribution is -0.125. The fourth-order valence-electron chi connectivity index (χ4n) is 2.42. The molecule has 2 aromatic carbocycles. The summed E-state index contributed by atoms with van der Waals surface area (Å²) in [5.74, 6) is -5.36. The Bertz CT molecular complexity index is 1060. The van der Waals surface area contributed by atoms with Gasteiger partial charge in [0.1, 0.15) is 5.82 Å². The van der Waals surface area contributed by atoms with Crippen LogP contribution in [0.3, 0.4) is 0 Å². The first-order valence-corrected chi connectivity index (χ1v) is 10.7. The molecule has 0 radical (unpaired) electrons. The number of nitrogens with one attached hydrogen (secondary N) is 3. The molecule has 0 heterocycles. The third-order valence-corrected chi connectivity index (χ3v) is 4.60. The van der Waals surface area contributed by atoms with Crippen molar-refractivity contribution >= 4 is 52.0 Å². The van der Waals surface area contributed by atoms with E-state index >= 15 is 0 Å². The third kappa shape index (κ3) is 7.82. The van der Waals surface area contributed by atoms with E-state index in [2.05, 4.69) is 15.8 Å². The molecular formula is C20H20F3IN4O6. The highest BCUT2D eigenvalue weighted by molar-refractivity contribution is 14.1. The normalized spacial score (nSPS) is 10.9. The molecule has 184 valence electrons. The van der Waals surface area contributed by atoms with E-state index in [4.69, 9.17) is 19.9 Å². The van der Waals surface area contributed by atoms with Crippen LogP contribution in [-0.2, 0) is 14.5 Å². The summed E-state index contributed by atoms with van der Waals surface area (Å²) in [6, 6.07) is 4.85. The number of nitrogens with zero attached hydrogens (tertiary/aromatic N) is 1. The van der Waals surface area contributed by atoms with Crippen molar-refractivity contribution in [1.82, 2.24) is 10.8 Å². The van der Waals surface area contributed by atoms with Crippen LogP contribution in [-0.4, -0.2) is 61.2 Å². The maximum absolute atomic E-state index is 14.9. The number of rotatable bonds is 12. The minimum Gasteiger partial charge on any atom is -0.395 e. The first kappa shape index (κ1) is 27.3. The molecule has 0 saturated heterocycles. The van der Waals surface area contributed by atoms with E-state index in [9.17, 15) is 22.8 Å². The molecule has 2 amide bonds. The molecule has 0 aliphatic carbocycles. The van der Waals surface area contributed by atoms with Gasteiger partial charge in [0.2, 0.25) is 0 Å². The van der Waals surface area contributed by atoms with Crippen molar-refractivity contribution in [1.29, 1.82) is 0 Å². The Morgan fingerprint density at radius 2 is 1.88 bits per heavy atom. The number of carbonyl (C=O) groups excluding carboxylic acids is 2. The van der Waals surface area contributed by atoms with Crippen LogP contribution < -0.4 is 16.1 Å². The van der Waals surface area contributed by atoms with Gasteiger partial charge in [0.05, 0.1) is 43.0 Å². The largest absolute Gasteiger partial charge is 0.395 e. The van der Waals surface area contributed by atoms with Crippen LogP contribution in [0.5, 0.6) is 0 Å². The number of oxime groups is 1. The molecule has 0 unspecified atom stereocenters. The van der Waals surface area contributed by atoms with Crippen molar-refractivity contribution in [3.05, 3.63) is 56.4 Å². The number of amides is 2. The fraction of sp³-hybridized carbons (Fsp3) is 0.250. The van der Waals surface area contributed by atoms with Gasteiger partial charge in [0.25, 0.3) is 11.8 Å². The number of anilines is 2. The van der Waals surface area contributed by atoms with Crippen molar-refractivity contribution in [2.24, 2.45) is 5.16 Å². The molecule has 0 bridgehead atoms. The maximum Gasteiger partial charge on any atom is 0.277 e. The van der Waals surface area contributed by atoms with Gasteiger partial charge in [-0.3, -0.25) is 14.4 Å². The Morgan fingerprint density at radius 3 is 2.56 bits per heavy atom. The summed E-state index contributed by atoms with van der Waals surface area (Å²) in [7, 11) is 0. The van der Waals surface area contributed by atoms with Crippen molar-refractivity contribution < 1.29 is 42.6 Å². The summed E-state index contributed by atoms with van der Waals surface area (Å²) >= 11 is 1.87. The Kier molecular flexibility index (Phi) is 11.0. The first-order chi connectivity index (χ1) is 16.3. The van der Waals surface area contributed by atoms with Gasteiger partial charge in [0.15, 0.2) is 18.2 Å². The molecule has 2 aromatic rings. The summed E-state index contributed by atoms with van der Waals surface area (Å²) in [6.07, 6.45) is 0.734. The Labute approximate surface area is 205 Å². The van der Waals surface area contributed by atoms with E-state index in [1.54, 1.807) is 0 Å². The third-order valence-electron chi connectivity index (χ3n) is 3.92. The molecule has 0 spiro atoms. The maximum atomic E-state index is 14.9. The van der Waals surface area contributed by atoms with Gasteiger partial charge < -0.3 is 25.7 Å². The Balaban J connectivity index is 2.35. The molecule has 0 aliphatic heterocycles. The second kappa shape index (κ2) is 13.7. The van der Waals surface area contributed by atoms with Crippen LogP contribution in [0, 0.1) is 21.0 Å². The zero-order chi connectivity index (χ0) is 25.1. The van der Waals surface area contributed by atoms with Crippen LogP contribution in [0.4, 0.5) is 24.5 Å². The molecule has 5 N–H and O–H groups in total. The average molecular weight is 596 g/mol. The lowest BCUT2D eigenvalue weighted by Gasteiger charge is -2.15. The SMILES string of the molecule is O=C(CON=Cc1cc(C(=O)NOCCO)c(Nc2ccc(I)cc2F)c(F)c1F)NCCO. The molecule has 0 aliphatic rings. The highest BCUT2D eigenvalue weighted by Crippen LogP contribution is 2.30. The molecule has 0 atom stereocenters. The van der Waals surface area contributed by atoms with E-state index in [0.717, 1.165) is 18.3 Å². The van der Waals surface area contributed by atoms with Crippen molar-refractivity contribution in [2.45, 2.75) is 0 Å². The van der Waals surface area contributed by atoms with Crippen molar-refractivity contribution in [3.63, 3.8) is 0 Å². The van der Waals surface area contributed by atoms with Gasteiger partial charge >= 0.3 is 0 Å². The summed E-state index contributed by atoms with van der Waals surface area (Å²) in [5.41, 5.74) is 0.0626. The lowest BCUT2D eigenvalue weighted by Crippen LogP contribution is -2.29. The van der Waals surface area contributed by atoms with Crippen LogP contribution in [0.15, 0.2) is 29.4 Å². The highest BCUT2D eigenvalue weighted by Gasteiger charge is 2.23. The first-order valence-electron chi connectivity index (χ1n) is 9.58. The van der Waals surface area contributed by atoms with E-state index in [1.165, 1.54) is 12.1 Å². The van der Waals surface area contributed by atoms with Crippen molar-refractivity contribution in [2.75, 3.05) is 38.3 Å². The van der Waals surface area contributed by atoms with E-state index in [1.807, 2.05) is 28.1 Å². The number of hydroxylamine groups is 1. The topological polar surface area (TPSA) is 142 Å². The quantitative estimate of drug-likeness (QED) is 0.108. The second-order valence-electron chi connectivity index (χ2n) is 6.35. The molecule has 14 heteroatoms. The number of hydrogen-bond acceptors (Lipinski definition) is 8. The predicted octanol–water partition coefficient (Wildman–Crippen LogP) is 1.56. The number of carbonyl (C=O) groups is 2. The number of hydrogen-bond donors (Lipinski definition) is 5. The second-order valence-corrected chi connectivity index (χ2v) is 7.60. The minimum absolute atomic E-state index is 0.00179. The monoisotopic (exact) mass is 596 g/mol. The predicted molar refractivity (Wildman–Crippen MR) is 123 cm³/mol. The Hall–Kier alpha value is -2.95. The molecular weight excluding hydrogens is 576 g/mol. The molecule has 2 rings (SSSR count). The van der Waals surface area contributed by atoms with Gasteiger partial charge in [0, 0.05) is 15.7 Å². The van der Waals surface area contributed by atoms with E-state index < -0.39 is 59.3 Å². The standard InChI is InChI=1S/C20H20F3IN4O6/c21-14-8-12(24)1-2-15(14)27-19-13(20(32)28-33-6-5-30)7-11(17(22)18(19)23)9-26-34-10-16(31)25-3-4-29/h1-2,7-9,27,29-30H,3-6,10H2,(H,25,31)(H,28,32). The summed E-state index contributed by atoms with van der Waals surface area (Å²) in [5, 5.41) is 25.4. The smallest absolute Gasteiger partial charge is 0.277 e. The summed E-state index contributed by atoms with van der Waals surface area (Å²) in [6.45, 7) is -1.53. The van der Waals surface area contributed by atoms with Crippen LogP contribution in [0.1, 0.15) is 15.9 Å². The van der Waals surface area contributed by atoms with Gasteiger partial charge in [-0.1, -0.05) is 5.16 Å². The van der Waals surface area contributed by atoms with Gasteiger partial charge in [-0.25, -0.2) is 18.7 Å². The van der Waals surface area contributed by atoms with Gasteiger partial charge in [-0.15, -0.1) is 0 Å². The average Bonchev–Trinajstić information content (AvgIpc) is 2.81. The molecule has 0 fully saturated rings. The fourth-order valence-corrected chi connectivity index (χ4v) is 2.87. The summed E-state index contributed by atoms with van der Waals surface area (Å²) in [4.78, 5) is 33.3. The van der Waals surface area contributed by atoms with Crippen LogP contribution in [0.2, 0.25) is 0 Å². The zero-order valence-electron chi connectivity index (χ0n) is 17.4. The molecule has 0 saturated carbocycles. The number of aliphatic hydroxyl groups excluding tert-OH is 2. The van der Waals surface area contributed by atoms with Gasteiger partial charge in [-0.2, -0.15) is 0 Å². The zero-order valence-corrected chi connectivity index (χ0v) is 19.6. The number of aliphatic hydroxyl groups is 2. The van der Waals surface area contributed by atoms with Gasteiger partial charge in [-0.05, 0) is 46.9 Å². The highest BCUT2D eigenvalue weighted by atomic mass is 127. The van der Waals surface area contributed by atoms with E-state index in [0.29, 0.717) is 3.57 Å². The number of benzene rings is 2. The Morgan fingerprint density at radius 1 is 1.12 bits per heavy atom. The summed E-state index contributed by atoms with van der Waals surface area (Å²) < 4.78 is 44.4. The minimum atomic E-state index is -1.52. The van der Waals surface area contributed by atoms with Crippen molar-refractivity contribution in [3.8, 4) is 0 Å². The molecule has 0 aromatic heterocycles. The number of halogens is 4. The van der Waals surface area contributed by atoms with Crippen LogP contribution >= 0.6 is 22.6 Å².